The zero-order valence-corrected chi connectivity index (χ0v) is 8.84. The minimum atomic E-state index is 0.0272. The van der Waals surface area contributed by atoms with Crippen LogP contribution in [0.4, 0.5) is 4.79 Å². The molecule has 0 spiro atoms. The summed E-state index contributed by atoms with van der Waals surface area (Å²) in [5.74, 6) is 0.698. The quantitative estimate of drug-likeness (QED) is 0.697. The van der Waals surface area contributed by atoms with Gasteiger partial charge in [-0.15, -0.1) is 0 Å². The molecular formula is C10H20N2O. The molecule has 1 atom stereocenters. The van der Waals surface area contributed by atoms with Gasteiger partial charge < -0.3 is 10.2 Å². The summed E-state index contributed by atoms with van der Waals surface area (Å²) >= 11 is 0. The second-order valence-electron chi connectivity index (χ2n) is 4.18. The SMILES string of the molecule is CC(NC(=O)N(C)C)C1CCCC1. The summed E-state index contributed by atoms with van der Waals surface area (Å²) in [4.78, 5) is 12.9. The van der Waals surface area contributed by atoms with Crippen LogP contribution in [0, 0.1) is 5.92 Å². The maximum atomic E-state index is 11.3. The zero-order chi connectivity index (χ0) is 9.84. The Morgan fingerprint density at radius 2 is 1.92 bits per heavy atom. The van der Waals surface area contributed by atoms with Crippen molar-refractivity contribution in [1.82, 2.24) is 10.2 Å². The number of urea groups is 1. The summed E-state index contributed by atoms with van der Waals surface area (Å²) < 4.78 is 0. The van der Waals surface area contributed by atoms with Crippen LogP contribution in [0.25, 0.3) is 0 Å². The van der Waals surface area contributed by atoms with Crippen molar-refractivity contribution >= 4 is 6.03 Å². The van der Waals surface area contributed by atoms with Gasteiger partial charge in [-0.1, -0.05) is 12.8 Å². The maximum absolute atomic E-state index is 11.3. The summed E-state index contributed by atoms with van der Waals surface area (Å²) in [5, 5.41) is 3.01. The number of nitrogens with zero attached hydrogens (tertiary/aromatic N) is 1. The summed E-state index contributed by atoms with van der Waals surface area (Å²) in [6.07, 6.45) is 5.20. The summed E-state index contributed by atoms with van der Waals surface area (Å²) in [6, 6.07) is 0.358. The fourth-order valence-corrected chi connectivity index (χ4v) is 1.90. The third-order valence-corrected chi connectivity index (χ3v) is 2.86. The first-order valence-corrected chi connectivity index (χ1v) is 5.09. The molecule has 2 amide bonds. The second kappa shape index (κ2) is 4.49. The normalized spacial score (nSPS) is 19.9. The molecule has 0 aromatic carbocycles. The van der Waals surface area contributed by atoms with E-state index in [4.69, 9.17) is 0 Å². The van der Waals surface area contributed by atoms with E-state index in [0.29, 0.717) is 12.0 Å². The highest BCUT2D eigenvalue weighted by molar-refractivity contribution is 5.73. The van der Waals surface area contributed by atoms with Crippen LogP contribution in [0.15, 0.2) is 0 Å². The van der Waals surface area contributed by atoms with Gasteiger partial charge in [-0.3, -0.25) is 0 Å². The number of carbonyl (C=O) groups is 1. The van der Waals surface area contributed by atoms with Crippen molar-refractivity contribution < 1.29 is 4.79 Å². The number of carbonyl (C=O) groups excluding carboxylic acids is 1. The van der Waals surface area contributed by atoms with Gasteiger partial charge >= 0.3 is 6.03 Å². The third-order valence-electron chi connectivity index (χ3n) is 2.86. The molecule has 1 unspecified atom stereocenters. The molecule has 1 saturated carbocycles. The van der Waals surface area contributed by atoms with Crippen LogP contribution in [0.5, 0.6) is 0 Å². The maximum Gasteiger partial charge on any atom is 0.317 e. The molecule has 1 aliphatic rings. The molecule has 0 aliphatic heterocycles. The Hall–Kier alpha value is -0.730. The fraction of sp³-hybridized carbons (Fsp3) is 0.900. The van der Waals surface area contributed by atoms with Crippen LogP contribution < -0.4 is 5.32 Å². The van der Waals surface area contributed by atoms with Gasteiger partial charge in [0, 0.05) is 20.1 Å². The van der Waals surface area contributed by atoms with Crippen molar-refractivity contribution in [3.63, 3.8) is 0 Å². The molecule has 76 valence electrons. The smallest absolute Gasteiger partial charge is 0.317 e. The van der Waals surface area contributed by atoms with E-state index in [9.17, 15) is 4.79 Å². The molecule has 1 aliphatic carbocycles. The molecule has 0 saturated heterocycles. The zero-order valence-electron chi connectivity index (χ0n) is 8.84. The minimum absolute atomic E-state index is 0.0272. The first-order valence-electron chi connectivity index (χ1n) is 5.09. The van der Waals surface area contributed by atoms with Crippen molar-refractivity contribution in [3.8, 4) is 0 Å². The summed E-state index contributed by atoms with van der Waals surface area (Å²) in [5.41, 5.74) is 0. The van der Waals surface area contributed by atoms with Crippen molar-refractivity contribution in [1.29, 1.82) is 0 Å². The van der Waals surface area contributed by atoms with Gasteiger partial charge in [0.1, 0.15) is 0 Å². The van der Waals surface area contributed by atoms with Crippen LogP contribution in [0.3, 0.4) is 0 Å². The largest absolute Gasteiger partial charge is 0.335 e. The van der Waals surface area contributed by atoms with Gasteiger partial charge in [-0.05, 0) is 25.7 Å². The lowest BCUT2D eigenvalue weighted by atomic mass is 10.0. The molecule has 3 nitrogen and oxygen atoms in total. The number of hydrogen-bond acceptors (Lipinski definition) is 1. The monoisotopic (exact) mass is 184 g/mol. The minimum Gasteiger partial charge on any atom is -0.335 e. The van der Waals surface area contributed by atoms with Crippen molar-refractivity contribution in [2.75, 3.05) is 14.1 Å². The van der Waals surface area contributed by atoms with Gasteiger partial charge in [0.2, 0.25) is 0 Å². The van der Waals surface area contributed by atoms with Crippen LogP contribution in [0.2, 0.25) is 0 Å². The molecule has 13 heavy (non-hydrogen) atoms. The van der Waals surface area contributed by atoms with Gasteiger partial charge in [0.05, 0.1) is 0 Å². The van der Waals surface area contributed by atoms with Crippen molar-refractivity contribution in [2.24, 2.45) is 5.92 Å². The molecule has 1 N–H and O–H groups in total. The molecule has 0 aromatic heterocycles. The Kier molecular flexibility index (Phi) is 3.58. The molecule has 0 heterocycles. The van der Waals surface area contributed by atoms with Crippen LogP contribution in [0.1, 0.15) is 32.6 Å². The predicted octanol–water partition coefficient (Wildman–Crippen LogP) is 1.84. The van der Waals surface area contributed by atoms with Crippen molar-refractivity contribution in [3.05, 3.63) is 0 Å². The Balaban J connectivity index is 2.31. The molecule has 0 bridgehead atoms. The lowest BCUT2D eigenvalue weighted by molar-refractivity contribution is 0.209. The number of rotatable bonds is 2. The average Bonchev–Trinajstić information content (AvgIpc) is 2.55. The number of nitrogens with one attached hydrogen (secondary N) is 1. The van der Waals surface area contributed by atoms with Crippen LogP contribution in [-0.2, 0) is 0 Å². The van der Waals surface area contributed by atoms with E-state index >= 15 is 0 Å². The molecule has 0 radical (unpaired) electrons. The van der Waals surface area contributed by atoms with E-state index in [1.54, 1.807) is 19.0 Å². The lowest BCUT2D eigenvalue weighted by Gasteiger charge is -2.22. The fourth-order valence-electron chi connectivity index (χ4n) is 1.90. The van der Waals surface area contributed by atoms with Gasteiger partial charge in [-0.2, -0.15) is 0 Å². The van der Waals surface area contributed by atoms with E-state index in [2.05, 4.69) is 12.2 Å². The average molecular weight is 184 g/mol. The Morgan fingerprint density at radius 1 is 1.38 bits per heavy atom. The topological polar surface area (TPSA) is 32.3 Å². The highest BCUT2D eigenvalue weighted by Gasteiger charge is 2.22. The Morgan fingerprint density at radius 3 is 2.38 bits per heavy atom. The Bertz CT molecular complexity index is 174. The van der Waals surface area contributed by atoms with E-state index in [0.717, 1.165) is 0 Å². The molecule has 1 fully saturated rings. The van der Waals surface area contributed by atoms with Gasteiger partial charge in [0.15, 0.2) is 0 Å². The second-order valence-corrected chi connectivity index (χ2v) is 4.18. The van der Waals surface area contributed by atoms with E-state index in [-0.39, 0.29) is 6.03 Å². The first kappa shape index (κ1) is 10.4. The van der Waals surface area contributed by atoms with E-state index in [1.807, 2.05) is 0 Å². The first-order chi connectivity index (χ1) is 6.11. The summed E-state index contributed by atoms with van der Waals surface area (Å²) in [6.45, 7) is 2.11. The number of amides is 2. The van der Waals surface area contributed by atoms with Crippen molar-refractivity contribution in [2.45, 2.75) is 38.6 Å². The van der Waals surface area contributed by atoms with Crippen LogP contribution in [-0.4, -0.2) is 31.1 Å². The standard InChI is InChI=1S/C10H20N2O/c1-8(9-6-4-5-7-9)11-10(13)12(2)3/h8-9H,4-7H2,1-3H3,(H,11,13). The van der Waals surface area contributed by atoms with E-state index < -0.39 is 0 Å². The highest BCUT2D eigenvalue weighted by atomic mass is 16.2. The lowest BCUT2D eigenvalue weighted by Crippen LogP contribution is -2.42. The molecule has 1 rings (SSSR count). The third kappa shape index (κ3) is 2.90. The van der Waals surface area contributed by atoms with Gasteiger partial charge in [0.25, 0.3) is 0 Å². The Labute approximate surface area is 80.5 Å². The predicted molar refractivity (Wildman–Crippen MR) is 53.6 cm³/mol. The molecule has 0 aromatic rings. The molecular weight excluding hydrogens is 164 g/mol. The van der Waals surface area contributed by atoms with E-state index in [1.165, 1.54) is 25.7 Å². The highest BCUT2D eigenvalue weighted by Crippen LogP contribution is 2.27. The molecule has 3 heteroatoms. The summed E-state index contributed by atoms with van der Waals surface area (Å²) in [7, 11) is 3.55. The van der Waals surface area contributed by atoms with Crippen LogP contribution >= 0.6 is 0 Å². The van der Waals surface area contributed by atoms with Gasteiger partial charge in [-0.25, -0.2) is 4.79 Å². The number of hydrogen-bond donors (Lipinski definition) is 1.